The summed E-state index contributed by atoms with van der Waals surface area (Å²) in [7, 11) is 0. The zero-order valence-corrected chi connectivity index (χ0v) is 14.2. The fourth-order valence-electron chi connectivity index (χ4n) is 2.99. The summed E-state index contributed by atoms with van der Waals surface area (Å²) >= 11 is 0. The van der Waals surface area contributed by atoms with E-state index in [1.807, 2.05) is 0 Å². The summed E-state index contributed by atoms with van der Waals surface area (Å²) in [5, 5.41) is 10.3. The van der Waals surface area contributed by atoms with Crippen molar-refractivity contribution in [1.82, 2.24) is 15.4 Å². The van der Waals surface area contributed by atoms with E-state index in [0.717, 1.165) is 25.7 Å². The summed E-state index contributed by atoms with van der Waals surface area (Å²) in [4.78, 5) is 24.1. The number of carbonyl (C=O) groups is 2. The molecule has 132 valence electrons. The molecule has 1 saturated carbocycles. The number of H-pyrrole nitrogens is 1. The number of nitrogens with one attached hydrogen (secondary N) is 1. The number of aromatic nitrogens is 3. The standard InChI is InChI=1S/C18H21N3O4/c1-2-24-18(23)16-15(19-21-20-16)12-8-10-14(11-9-12)25-17(22)13-6-4-3-5-7-13/h8-11,13H,2-7H2,1H3,(H,19,20,21). The molecule has 7 heteroatoms. The Morgan fingerprint density at radius 1 is 1.12 bits per heavy atom. The molecule has 0 aliphatic heterocycles. The predicted octanol–water partition coefficient (Wildman–Crippen LogP) is 3.13. The summed E-state index contributed by atoms with van der Waals surface area (Å²) in [6.45, 7) is 1.99. The first-order valence-electron chi connectivity index (χ1n) is 8.59. The first-order chi connectivity index (χ1) is 12.2. The number of esters is 2. The van der Waals surface area contributed by atoms with Gasteiger partial charge in [0.2, 0.25) is 0 Å². The van der Waals surface area contributed by atoms with E-state index in [1.54, 1.807) is 31.2 Å². The molecule has 2 aromatic rings. The van der Waals surface area contributed by atoms with Crippen LogP contribution >= 0.6 is 0 Å². The second-order valence-electron chi connectivity index (χ2n) is 6.02. The number of carbonyl (C=O) groups excluding carboxylic acids is 2. The number of benzene rings is 1. The molecule has 1 fully saturated rings. The van der Waals surface area contributed by atoms with Gasteiger partial charge in [0.25, 0.3) is 0 Å². The molecular weight excluding hydrogens is 322 g/mol. The number of ether oxygens (including phenoxy) is 2. The van der Waals surface area contributed by atoms with Crippen LogP contribution in [0.4, 0.5) is 0 Å². The lowest BCUT2D eigenvalue weighted by Gasteiger charge is -2.19. The molecule has 0 amide bonds. The van der Waals surface area contributed by atoms with Gasteiger partial charge in [0, 0.05) is 5.56 Å². The van der Waals surface area contributed by atoms with E-state index in [0.29, 0.717) is 17.0 Å². The Labute approximate surface area is 145 Å². The van der Waals surface area contributed by atoms with Crippen molar-refractivity contribution in [2.45, 2.75) is 39.0 Å². The fraction of sp³-hybridized carbons (Fsp3) is 0.444. The highest BCUT2D eigenvalue weighted by Crippen LogP contribution is 2.27. The zero-order valence-electron chi connectivity index (χ0n) is 14.2. The molecule has 1 aromatic heterocycles. The van der Waals surface area contributed by atoms with Gasteiger partial charge in [-0.25, -0.2) is 4.79 Å². The number of hydrogen-bond donors (Lipinski definition) is 1. The largest absolute Gasteiger partial charge is 0.461 e. The van der Waals surface area contributed by atoms with Gasteiger partial charge in [0.15, 0.2) is 5.69 Å². The van der Waals surface area contributed by atoms with Crippen LogP contribution in [-0.2, 0) is 9.53 Å². The molecule has 1 aromatic carbocycles. The summed E-state index contributed by atoms with van der Waals surface area (Å²) in [5.74, 6) is -0.208. The van der Waals surface area contributed by atoms with E-state index in [9.17, 15) is 9.59 Å². The number of hydrogen-bond acceptors (Lipinski definition) is 6. The Morgan fingerprint density at radius 2 is 1.84 bits per heavy atom. The van der Waals surface area contributed by atoms with Crippen LogP contribution in [0.3, 0.4) is 0 Å². The Morgan fingerprint density at radius 3 is 2.52 bits per heavy atom. The summed E-state index contributed by atoms with van der Waals surface area (Å²) in [6.07, 6.45) is 5.17. The van der Waals surface area contributed by atoms with Crippen LogP contribution in [0, 0.1) is 5.92 Å². The third-order valence-corrected chi connectivity index (χ3v) is 4.30. The minimum absolute atomic E-state index is 0.000571. The molecule has 1 aliphatic carbocycles. The van der Waals surface area contributed by atoms with Crippen molar-refractivity contribution < 1.29 is 19.1 Å². The summed E-state index contributed by atoms with van der Waals surface area (Å²) in [5.41, 5.74) is 1.23. The summed E-state index contributed by atoms with van der Waals surface area (Å²) in [6, 6.07) is 6.87. The number of rotatable bonds is 5. The van der Waals surface area contributed by atoms with E-state index in [-0.39, 0.29) is 24.2 Å². The zero-order chi connectivity index (χ0) is 17.6. The monoisotopic (exact) mass is 343 g/mol. The molecule has 1 heterocycles. The average Bonchev–Trinajstić information content (AvgIpc) is 3.13. The van der Waals surface area contributed by atoms with Gasteiger partial charge < -0.3 is 9.47 Å². The summed E-state index contributed by atoms with van der Waals surface area (Å²) < 4.78 is 10.4. The number of nitrogens with zero attached hydrogens (tertiary/aromatic N) is 2. The Bertz CT molecular complexity index is 733. The molecule has 0 bridgehead atoms. The normalized spacial score (nSPS) is 14.9. The maximum atomic E-state index is 12.2. The van der Waals surface area contributed by atoms with Gasteiger partial charge in [-0.05, 0) is 44.0 Å². The van der Waals surface area contributed by atoms with Gasteiger partial charge in [0.1, 0.15) is 11.4 Å². The highest BCUT2D eigenvalue weighted by Gasteiger charge is 2.23. The van der Waals surface area contributed by atoms with Gasteiger partial charge >= 0.3 is 11.9 Å². The maximum Gasteiger partial charge on any atom is 0.361 e. The van der Waals surface area contributed by atoms with Crippen LogP contribution in [-0.4, -0.2) is 34.0 Å². The fourth-order valence-corrected chi connectivity index (χ4v) is 2.99. The maximum absolute atomic E-state index is 12.2. The van der Waals surface area contributed by atoms with Crippen LogP contribution < -0.4 is 4.74 Å². The van der Waals surface area contributed by atoms with Gasteiger partial charge in [-0.15, -0.1) is 5.10 Å². The Hall–Kier alpha value is -2.70. The molecule has 7 nitrogen and oxygen atoms in total. The van der Waals surface area contributed by atoms with Crippen molar-refractivity contribution in [3.05, 3.63) is 30.0 Å². The van der Waals surface area contributed by atoms with Gasteiger partial charge in [0.05, 0.1) is 12.5 Å². The van der Waals surface area contributed by atoms with Crippen molar-refractivity contribution in [3.63, 3.8) is 0 Å². The quantitative estimate of drug-likeness (QED) is 0.662. The minimum Gasteiger partial charge on any atom is -0.461 e. The van der Waals surface area contributed by atoms with E-state index < -0.39 is 5.97 Å². The first-order valence-corrected chi connectivity index (χ1v) is 8.59. The second-order valence-corrected chi connectivity index (χ2v) is 6.02. The third-order valence-electron chi connectivity index (χ3n) is 4.30. The van der Waals surface area contributed by atoms with E-state index in [2.05, 4.69) is 15.4 Å². The van der Waals surface area contributed by atoms with Crippen molar-refractivity contribution in [2.75, 3.05) is 6.61 Å². The third kappa shape index (κ3) is 4.04. The topological polar surface area (TPSA) is 94.2 Å². The first kappa shape index (κ1) is 17.1. The SMILES string of the molecule is CCOC(=O)c1n[nH]nc1-c1ccc(OC(=O)C2CCCCC2)cc1. The highest BCUT2D eigenvalue weighted by molar-refractivity contribution is 5.93. The lowest BCUT2D eigenvalue weighted by atomic mass is 9.89. The molecule has 0 atom stereocenters. The second kappa shape index (κ2) is 7.92. The smallest absolute Gasteiger partial charge is 0.361 e. The molecule has 0 saturated heterocycles. The molecule has 1 N–H and O–H groups in total. The lowest BCUT2D eigenvalue weighted by Crippen LogP contribution is -2.22. The number of aromatic amines is 1. The molecular formula is C18H21N3O4. The van der Waals surface area contributed by atoms with E-state index >= 15 is 0 Å². The highest BCUT2D eigenvalue weighted by atomic mass is 16.5. The molecule has 0 radical (unpaired) electrons. The molecule has 25 heavy (non-hydrogen) atoms. The Kier molecular flexibility index (Phi) is 5.42. The molecule has 0 unspecified atom stereocenters. The average molecular weight is 343 g/mol. The molecule has 1 aliphatic rings. The molecule has 0 spiro atoms. The van der Waals surface area contributed by atoms with E-state index in [4.69, 9.17) is 9.47 Å². The van der Waals surface area contributed by atoms with Crippen LogP contribution in [0.25, 0.3) is 11.3 Å². The van der Waals surface area contributed by atoms with Crippen molar-refractivity contribution in [3.8, 4) is 17.0 Å². The Balaban J connectivity index is 1.69. The van der Waals surface area contributed by atoms with Crippen LogP contribution in [0.15, 0.2) is 24.3 Å². The van der Waals surface area contributed by atoms with Gasteiger partial charge in [-0.3, -0.25) is 4.79 Å². The van der Waals surface area contributed by atoms with Crippen molar-refractivity contribution >= 4 is 11.9 Å². The van der Waals surface area contributed by atoms with Crippen molar-refractivity contribution in [1.29, 1.82) is 0 Å². The van der Waals surface area contributed by atoms with Crippen LogP contribution in [0.2, 0.25) is 0 Å². The van der Waals surface area contributed by atoms with Crippen LogP contribution in [0.5, 0.6) is 5.75 Å². The van der Waals surface area contributed by atoms with Crippen LogP contribution in [0.1, 0.15) is 49.5 Å². The van der Waals surface area contributed by atoms with Crippen molar-refractivity contribution in [2.24, 2.45) is 5.92 Å². The lowest BCUT2D eigenvalue weighted by molar-refractivity contribution is -0.139. The van der Waals surface area contributed by atoms with E-state index in [1.165, 1.54) is 6.42 Å². The van der Waals surface area contributed by atoms with Gasteiger partial charge in [-0.1, -0.05) is 19.3 Å². The predicted molar refractivity (Wildman–Crippen MR) is 90.0 cm³/mol. The minimum atomic E-state index is -0.529. The van der Waals surface area contributed by atoms with Gasteiger partial charge in [-0.2, -0.15) is 10.3 Å². The molecule has 3 rings (SSSR count).